The van der Waals surface area contributed by atoms with Crippen molar-refractivity contribution in [3.63, 3.8) is 0 Å². The molecule has 0 bridgehead atoms. The van der Waals surface area contributed by atoms with Crippen molar-refractivity contribution in [3.05, 3.63) is 40.9 Å². The summed E-state index contributed by atoms with van der Waals surface area (Å²) in [4.78, 5) is 13.6. The van der Waals surface area contributed by atoms with Crippen LogP contribution >= 0.6 is 11.6 Å². The van der Waals surface area contributed by atoms with Crippen LogP contribution in [-0.4, -0.2) is 38.4 Å². The Kier molecular flexibility index (Phi) is 4.58. The first-order chi connectivity index (χ1) is 11.0. The molecule has 0 spiro atoms. The van der Waals surface area contributed by atoms with E-state index in [1.165, 1.54) is 16.8 Å². The molecule has 1 aromatic carbocycles. The van der Waals surface area contributed by atoms with Crippen LogP contribution in [0.1, 0.15) is 25.0 Å². The van der Waals surface area contributed by atoms with Gasteiger partial charge < -0.3 is 5.73 Å². The second-order valence-corrected chi connectivity index (χ2v) is 6.04. The number of halogens is 2. The zero-order valence-corrected chi connectivity index (χ0v) is 13.2. The maximum absolute atomic E-state index is 13.2. The van der Waals surface area contributed by atoms with E-state index < -0.39 is 5.82 Å². The summed E-state index contributed by atoms with van der Waals surface area (Å²) < 4.78 is 14.8. The van der Waals surface area contributed by atoms with E-state index in [1.54, 1.807) is 12.3 Å². The second-order valence-electron chi connectivity index (χ2n) is 5.64. The van der Waals surface area contributed by atoms with Gasteiger partial charge in [0.05, 0.1) is 28.6 Å². The number of likely N-dealkylation sites (tertiary alicyclic amines) is 1. The van der Waals surface area contributed by atoms with Crippen molar-refractivity contribution < 1.29 is 9.18 Å². The molecule has 0 radical (unpaired) electrons. The molecule has 1 aromatic heterocycles. The lowest BCUT2D eigenvalue weighted by molar-refractivity contribution is -0.124. The molecule has 122 valence electrons. The topological polar surface area (TPSA) is 77.0 Å². The van der Waals surface area contributed by atoms with Crippen LogP contribution in [-0.2, 0) is 11.3 Å². The van der Waals surface area contributed by atoms with Crippen LogP contribution in [0.25, 0.3) is 5.69 Å². The number of hydrogen-bond donors (Lipinski definition) is 1. The van der Waals surface area contributed by atoms with Gasteiger partial charge in [0.1, 0.15) is 5.82 Å². The highest BCUT2D eigenvalue weighted by atomic mass is 35.5. The molecule has 1 aliphatic rings. The summed E-state index contributed by atoms with van der Waals surface area (Å²) in [6.45, 7) is 1.31. The molecule has 1 aliphatic heterocycles. The summed E-state index contributed by atoms with van der Waals surface area (Å²) in [6, 6.07) is 4.09. The Bertz CT molecular complexity index is 720. The van der Waals surface area contributed by atoms with Crippen molar-refractivity contribution in [3.8, 4) is 5.69 Å². The quantitative estimate of drug-likeness (QED) is 0.924. The summed E-state index contributed by atoms with van der Waals surface area (Å²) in [5.41, 5.74) is 6.81. The molecule has 0 aliphatic carbocycles. The van der Waals surface area contributed by atoms with Crippen LogP contribution in [0, 0.1) is 5.82 Å². The fourth-order valence-corrected chi connectivity index (χ4v) is 3.01. The van der Waals surface area contributed by atoms with Gasteiger partial charge in [0.25, 0.3) is 0 Å². The molecule has 1 fully saturated rings. The van der Waals surface area contributed by atoms with Gasteiger partial charge in [0, 0.05) is 6.54 Å². The van der Waals surface area contributed by atoms with Crippen molar-refractivity contribution in [1.29, 1.82) is 0 Å². The maximum Gasteiger partial charge on any atom is 0.234 e. The Morgan fingerprint density at radius 1 is 1.43 bits per heavy atom. The highest BCUT2D eigenvalue weighted by Gasteiger charge is 2.27. The summed E-state index contributed by atoms with van der Waals surface area (Å²) >= 11 is 5.78. The first-order valence-electron chi connectivity index (χ1n) is 7.44. The number of aromatic nitrogens is 3. The summed E-state index contributed by atoms with van der Waals surface area (Å²) in [5.74, 6) is -0.782. The molecule has 0 saturated carbocycles. The van der Waals surface area contributed by atoms with Crippen LogP contribution in [0.15, 0.2) is 24.4 Å². The van der Waals surface area contributed by atoms with E-state index in [0.717, 1.165) is 31.5 Å². The van der Waals surface area contributed by atoms with Gasteiger partial charge in [0.15, 0.2) is 0 Å². The standard InChI is InChI=1S/C15H17ClFN5O/c16-12-7-11(4-5-13(12)17)22-9-10(19-20-22)8-21-6-2-1-3-14(21)15(18)23/h4-5,7,9,14H,1-3,6,8H2,(H2,18,23). The van der Waals surface area contributed by atoms with E-state index in [0.29, 0.717) is 12.2 Å². The lowest BCUT2D eigenvalue weighted by atomic mass is 10.0. The van der Waals surface area contributed by atoms with E-state index in [1.807, 2.05) is 4.90 Å². The molecule has 2 heterocycles. The molecule has 8 heteroatoms. The van der Waals surface area contributed by atoms with Crippen molar-refractivity contribution in [2.75, 3.05) is 6.54 Å². The number of primary amides is 1. The maximum atomic E-state index is 13.2. The number of hydrogen-bond acceptors (Lipinski definition) is 4. The highest BCUT2D eigenvalue weighted by Crippen LogP contribution is 2.20. The predicted molar refractivity (Wildman–Crippen MR) is 83.6 cm³/mol. The number of rotatable bonds is 4. The molecular formula is C15H17ClFN5O. The third-order valence-corrected chi connectivity index (χ3v) is 4.31. The number of piperidine rings is 1. The minimum atomic E-state index is -0.478. The van der Waals surface area contributed by atoms with Gasteiger partial charge in [-0.15, -0.1) is 5.10 Å². The van der Waals surface area contributed by atoms with Crippen molar-refractivity contribution in [2.24, 2.45) is 5.73 Å². The molecule has 2 N–H and O–H groups in total. The van der Waals surface area contributed by atoms with Crippen LogP contribution < -0.4 is 5.73 Å². The molecule has 1 amide bonds. The summed E-state index contributed by atoms with van der Waals surface area (Å²) in [5, 5.41) is 8.18. The SMILES string of the molecule is NC(=O)C1CCCCN1Cc1cn(-c2ccc(F)c(Cl)c2)nn1. The minimum absolute atomic E-state index is 0.0318. The fourth-order valence-electron chi connectivity index (χ4n) is 2.84. The Balaban J connectivity index is 1.76. The van der Waals surface area contributed by atoms with E-state index in [9.17, 15) is 9.18 Å². The highest BCUT2D eigenvalue weighted by molar-refractivity contribution is 6.30. The van der Waals surface area contributed by atoms with Gasteiger partial charge in [-0.25, -0.2) is 9.07 Å². The third-order valence-electron chi connectivity index (χ3n) is 4.02. The lowest BCUT2D eigenvalue weighted by Crippen LogP contribution is -2.47. The first kappa shape index (κ1) is 15.9. The van der Waals surface area contributed by atoms with Crippen molar-refractivity contribution >= 4 is 17.5 Å². The average molecular weight is 338 g/mol. The number of nitrogens with zero attached hydrogens (tertiary/aromatic N) is 4. The van der Waals surface area contributed by atoms with E-state index in [-0.39, 0.29) is 17.0 Å². The van der Waals surface area contributed by atoms with Gasteiger partial charge in [-0.3, -0.25) is 9.69 Å². The second kappa shape index (κ2) is 6.64. The zero-order valence-electron chi connectivity index (χ0n) is 12.5. The molecule has 3 rings (SSSR count). The number of nitrogens with two attached hydrogens (primary N) is 1. The van der Waals surface area contributed by atoms with Gasteiger partial charge in [0.2, 0.25) is 5.91 Å². The van der Waals surface area contributed by atoms with Crippen molar-refractivity contribution in [1.82, 2.24) is 19.9 Å². The smallest absolute Gasteiger partial charge is 0.234 e. The van der Waals surface area contributed by atoms with Gasteiger partial charge >= 0.3 is 0 Å². The molecule has 1 unspecified atom stereocenters. The van der Waals surface area contributed by atoms with Gasteiger partial charge in [-0.1, -0.05) is 23.2 Å². The van der Waals surface area contributed by atoms with Crippen LogP contribution in [0.5, 0.6) is 0 Å². The number of amides is 1. The van der Waals surface area contributed by atoms with Gasteiger partial charge in [-0.05, 0) is 37.6 Å². The largest absolute Gasteiger partial charge is 0.368 e. The van der Waals surface area contributed by atoms with Gasteiger partial charge in [-0.2, -0.15) is 0 Å². The first-order valence-corrected chi connectivity index (χ1v) is 7.82. The predicted octanol–water partition coefficient (Wildman–Crippen LogP) is 1.90. The molecule has 2 aromatic rings. The van der Waals surface area contributed by atoms with Crippen LogP contribution in [0.4, 0.5) is 4.39 Å². The number of carbonyl (C=O) groups excluding carboxylic acids is 1. The Hall–Kier alpha value is -1.99. The van der Waals surface area contributed by atoms with E-state index in [2.05, 4.69) is 10.3 Å². The van der Waals surface area contributed by atoms with Crippen LogP contribution in [0.3, 0.4) is 0 Å². The summed E-state index contributed by atoms with van der Waals surface area (Å²) in [7, 11) is 0. The monoisotopic (exact) mass is 337 g/mol. The number of benzene rings is 1. The Morgan fingerprint density at radius 3 is 3.00 bits per heavy atom. The Morgan fingerprint density at radius 2 is 2.26 bits per heavy atom. The molecule has 1 saturated heterocycles. The van der Waals surface area contributed by atoms with E-state index >= 15 is 0 Å². The molecular weight excluding hydrogens is 321 g/mol. The molecule has 1 atom stereocenters. The molecule has 23 heavy (non-hydrogen) atoms. The lowest BCUT2D eigenvalue weighted by Gasteiger charge is -2.32. The normalized spacial score (nSPS) is 19.0. The fraction of sp³-hybridized carbons (Fsp3) is 0.400. The third kappa shape index (κ3) is 3.51. The minimum Gasteiger partial charge on any atom is -0.368 e. The molecule has 6 nitrogen and oxygen atoms in total. The van der Waals surface area contributed by atoms with Crippen molar-refractivity contribution in [2.45, 2.75) is 31.8 Å². The van der Waals surface area contributed by atoms with Crippen LogP contribution in [0.2, 0.25) is 5.02 Å². The summed E-state index contributed by atoms with van der Waals surface area (Å²) in [6.07, 6.45) is 4.56. The average Bonchev–Trinajstić information content (AvgIpc) is 2.99. The number of carbonyl (C=O) groups is 1. The van der Waals surface area contributed by atoms with E-state index in [4.69, 9.17) is 17.3 Å². The Labute approximate surface area is 138 Å². The zero-order chi connectivity index (χ0) is 16.4.